The fourth-order valence-electron chi connectivity index (χ4n) is 2.79. The second-order valence-corrected chi connectivity index (χ2v) is 6.66. The smallest absolute Gasteiger partial charge is 0.0618 e. The van der Waals surface area contributed by atoms with Gasteiger partial charge in [-0.3, -0.25) is 0 Å². The van der Waals surface area contributed by atoms with E-state index >= 15 is 0 Å². The van der Waals surface area contributed by atoms with Gasteiger partial charge in [-0.15, -0.1) is 0 Å². The largest absolute Gasteiger partial charge is 0.394 e. The van der Waals surface area contributed by atoms with Crippen LogP contribution < -0.4 is 5.73 Å². The molecule has 0 aromatic heterocycles. The fourth-order valence-corrected chi connectivity index (χ4v) is 2.79. The third-order valence-corrected chi connectivity index (χ3v) is 4.32. The summed E-state index contributed by atoms with van der Waals surface area (Å²) in [5.41, 5.74) is 5.60. The fraction of sp³-hybridized carbons (Fsp3) is 0.900. The molecule has 2 nitrogen and oxygen atoms in total. The minimum atomic E-state index is -0.174. The Balaban J connectivity index is 3.04. The maximum absolute atomic E-state index is 8.78. The van der Waals surface area contributed by atoms with E-state index in [4.69, 9.17) is 10.8 Å². The number of aliphatic hydroxyl groups excluding tert-OH is 1. The molecule has 2 heteroatoms. The molecule has 0 saturated heterocycles. The Morgan fingerprint density at radius 3 is 1.55 bits per heavy atom. The Hall–Kier alpha value is -0.340. The Kier molecular flexibility index (Phi) is 18.4. The third kappa shape index (κ3) is 17.7. The second kappa shape index (κ2) is 18.7. The summed E-state index contributed by atoms with van der Waals surface area (Å²) in [6.07, 6.45) is 24.8. The van der Waals surface area contributed by atoms with E-state index < -0.39 is 0 Å². The summed E-state index contributed by atoms with van der Waals surface area (Å²) in [6, 6.07) is -0.174. The molecular weight excluding hydrogens is 270 g/mol. The Morgan fingerprint density at radius 1 is 0.727 bits per heavy atom. The van der Waals surface area contributed by atoms with Gasteiger partial charge in [-0.2, -0.15) is 0 Å². The van der Waals surface area contributed by atoms with E-state index in [2.05, 4.69) is 13.0 Å². The van der Waals surface area contributed by atoms with Crippen molar-refractivity contribution in [1.29, 1.82) is 0 Å². The highest BCUT2D eigenvalue weighted by Crippen LogP contribution is 2.13. The minimum Gasteiger partial charge on any atom is -0.394 e. The summed E-state index contributed by atoms with van der Waals surface area (Å²) < 4.78 is 0. The minimum absolute atomic E-state index is 0.0508. The lowest BCUT2D eigenvalue weighted by Crippen LogP contribution is -2.20. The van der Waals surface area contributed by atoms with Crippen LogP contribution in [0.15, 0.2) is 12.2 Å². The predicted molar refractivity (Wildman–Crippen MR) is 99.1 cm³/mol. The van der Waals surface area contributed by atoms with Crippen molar-refractivity contribution >= 4 is 0 Å². The molecule has 0 radical (unpaired) electrons. The van der Waals surface area contributed by atoms with Gasteiger partial charge < -0.3 is 10.8 Å². The quantitative estimate of drug-likeness (QED) is 0.266. The van der Waals surface area contributed by atoms with Crippen molar-refractivity contribution in [1.82, 2.24) is 0 Å². The van der Waals surface area contributed by atoms with Crippen LogP contribution in [0.5, 0.6) is 0 Å². The molecule has 0 saturated carbocycles. The molecule has 0 aromatic carbocycles. The Labute approximate surface area is 139 Å². The van der Waals surface area contributed by atoms with Crippen molar-refractivity contribution in [3.8, 4) is 0 Å². The van der Waals surface area contributed by atoms with E-state index in [1.807, 2.05) is 6.08 Å². The van der Waals surface area contributed by atoms with Gasteiger partial charge in [-0.05, 0) is 12.8 Å². The summed E-state index contributed by atoms with van der Waals surface area (Å²) in [7, 11) is 0. The van der Waals surface area contributed by atoms with Gasteiger partial charge in [0.25, 0.3) is 0 Å². The molecule has 0 aliphatic rings. The van der Waals surface area contributed by atoms with Gasteiger partial charge in [0.05, 0.1) is 6.61 Å². The molecule has 0 rings (SSSR count). The van der Waals surface area contributed by atoms with Crippen molar-refractivity contribution in [2.24, 2.45) is 5.73 Å². The highest BCUT2D eigenvalue weighted by Gasteiger charge is 1.94. The summed E-state index contributed by atoms with van der Waals surface area (Å²) >= 11 is 0. The van der Waals surface area contributed by atoms with Gasteiger partial charge in [0.2, 0.25) is 0 Å². The number of unbranched alkanes of at least 4 members (excludes halogenated alkanes) is 14. The number of nitrogens with two attached hydrogens (primary N) is 1. The SMILES string of the molecule is CCCCCCCCCCCCCCCC/C=C/C(N)CO. The summed E-state index contributed by atoms with van der Waals surface area (Å²) in [4.78, 5) is 0. The van der Waals surface area contributed by atoms with Crippen LogP contribution in [0.2, 0.25) is 0 Å². The lowest BCUT2D eigenvalue weighted by Gasteiger charge is -2.03. The monoisotopic (exact) mass is 311 g/mol. The zero-order valence-electron chi connectivity index (χ0n) is 15.1. The van der Waals surface area contributed by atoms with Crippen LogP contribution in [0.4, 0.5) is 0 Å². The van der Waals surface area contributed by atoms with Gasteiger partial charge in [0.1, 0.15) is 0 Å². The Morgan fingerprint density at radius 2 is 1.14 bits per heavy atom. The summed E-state index contributed by atoms with van der Waals surface area (Å²) in [5, 5.41) is 8.78. The van der Waals surface area contributed by atoms with E-state index in [9.17, 15) is 0 Å². The third-order valence-electron chi connectivity index (χ3n) is 4.32. The molecule has 1 atom stereocenters. The van der Waals surface area contributed by atoms with Crippen LogP contribution in [-0.2, 0) is 0 Å². The summed E-state index contributed by atoms with van der Waals surface area (Å²) in [5.74, 6) is 0. The van der Waals surface area contributed by atoms with Crippen molar-refractivity contribution < 1.29 is 5.11 Å². The number of allylic oxidation sites excluding steroid dienone is 1. The zero-order valence-corrected chi connectivity index (χ0v) is 15.1. The molecule has 0 aliphatic carbocycles. The highest BCUT2D eigenvalue weighted by atomic mass is 16.3. The average molecular weight is 312 g/mol. The second-order valence-electron chi connectivity index (χ2n) is 6.66. The maximum Gasteiger partial charge on any atom is 0.0618 e. The molecule has 3 N–H and O–H groups in total. The first-order valence-corrected chi connectivity index (χ1v) is 9.84. The molecule has 0 aromatic rings. The standard InChI is InChI=1S/C20H41NO/c1-2-3-4-5-6-7-8-9-10-11-12-13-14-15-16-17-18-20(21)19-22/h17-18,20,22H,2-16,19,21H2,1H3/b18-17+. The van der Waals surface area contributed by atoms with Crippen LogP contribution in [0.3, 0.4) is 0 Å². The molecule has 0 amide bonds. The molecule has 0 spiro atoms. The van der Waals surface area contributed by atoms with Crippen LogP contribution in [0.1, 0.15) is 103 Å². The van der Waals surface area contributed by atoms with E-state index in [1.54, 1.807) is 0 Å². The van der Waals surface area contributed by atoms with E-state index in [0.717, 1.165) is 6.42 Å². The van der Waals surface area contributed by atoms with Crippen molar-refractivity contribution in [2.45, 2.75) is 109 Å². The van der Waals surface area contributed by atoms with Crippen LogP contribution >= 0.6 is 0 Å². The first kappa shape index (κ1) is 21.7. The van der Waals surface area contributed by atoms with E-state index in [1.165, 1.54) is 89.9 Å². The molecule has 0 heterocycles. The van der Waals surface area contributed by atoms with Crippen LogP contribution in [0, 0.1) is 0 Å². The van der Waals surface area contributed by atoms with Crippen LogP contribution in [-0.4, -0.2) is 17.8 Å². The number of rotatable bonds is 17. The highest BCUT2D eigenvalue weighted by molar-refractivity contribution is 4.90. The topological polar surface area (TPSA) is 46.2 Å². The number of aliphatic hydroxyl groups is 1. The van der Waals surface area contributed by atoms with Gasteiger partial charge in [0, 0.05) is 6.04 Å². The lowest BCUT2D eigenvalue weighted by atomic mass is 10.0. The average Bonchev–Trinajstić information content (AvgIpc) is 2.54. The van der Waals surface area contributed by atoms with Crippen molar-refractivity contribution in [3.63, 3.8) is 0 Å². The maximum atomic E-state index is 8.78. The summed E-state index contributed by atoms with van der Waals surface area (Å²) in [6.45, 7) is 2.33. The van der Waals surface area contributed by atoms with E-state index in [-0.39, 0.29) is 12.6 Å². The van der Waals surface area contributed by atoms with E-state index in [0.29, 0.717) is 0 Å². The normalized spacial score (nSPS) is 13.0. The van der Waals surface area contributed by atoms with Crippen molar-refractivity contribution in [3.05, 3.63) is 12.2 Å². The molecule has 0 aliphatic heterocycles. The van der Waals surface area contributed by atoms with Gasteiger partial charge in [0.15, 0.2) is 0 Å². The van der Waals surface area contributed by atoms with Gasteiger partial charge in [-0.25, -0.2) is 0 Å². The predicted octanol–water partition coefficient (Wildman–Crippen LogP) is 5.73. The number of hydrogen-bond acceptors (Lipinski definition) is 2. The molecule has 1 unspecified atom stereocenters. The first-order valence-electron chi connectivity index (χ1n) is 9.84. The lowest BCUT2D eigenvalue weighted by molar-refractivity contribution is 0.284. The molecule has 132 valence electrons. The molecular formula is C20H41NO. The Bertz CT molecular complexity index is 228. The van der Waals surface area contributed by atoms with Crippen LogP contribution in [0.25, 0.3) is 0 Å². The first-order chi connectivity index (χ1) is 10.8. The molecule has 22 heavy (non-hydrogen) atoms. The van der Waals surface area contributed by atoms with Gasteiger partial charge in [-0.1, -0.05) is 103 Å². The van der Waals surface area contributed by atoms with Crippen molar-refractivity contribution in [2.75, 3.05) is 6.61 Å². The van der Waals surface area contributed by atoms with Gasteiger partial charge >= 0.3 is 0 Å². The zero-order chi connectivity index (χ0) is 16.3. The number of hydrogen-bond donors (Lipinski definition) is 2. The molecule has 0 fully saturated rings. The molecule has 0 bridgehead atoms.